The molecule has 1 heterocycles. The normalized spacial score (nSPS) is 16.4. The van der Waals surface area contributed by atoms with Gasteiger partial charge in [-0.1, -0.05) is 24.8 Å². The maximum absolute atomic E-state index is 13.3. The SMILES string of the molecule is C=C=CC1=C(C=CC)OCCN(C(=O)OC(C)(C)C)CCCCN1Cc1cccc(C(F)(F)F)c1. The molecular weight excluding hydrogens is 457 g/mol. The maximum Gasteiger partial charge on any atom is 0.416 e. The lowest BCUT2D eigenvalue weighted by Gasteiger charge is -2.27. The van der Waals surface area contributed by atoms with E-state index < -0.39 is 23.4 Å². The average molecular weight is 493 g/mol. The molecule has 0 spiro atoms. The van der Waals surface area contributed by atoms with Crippen molar-refractivity contribution in [1.82, 2.24) is 9.80 Å². The average Bonchev–Trinajstić information content (AvgIpc) is 2.79. The Morgan fingerprint density at radius 2 is 1.91 bits per heavy atom. The summed E-state index contributed by atoms with van der Waals surface area (Å²) in [4.78, 5) is 16.2. The quantitative estimate of drug-likeness (QED) is 0.440. The number of nitrogens with zero attached hydrogens (tertiary/aromatic N) is 2. The summed E-state index contributed by atoms with van der Waals surface area (Å²) < 4.78 is 51.4. The van der Waals surface area contributed by atoms with Gasteiger partial charge in [0.05, 0.1) is 17.8 Å². The number of benzene rings is 1. The van der Waals surface area contributed by atoms with E-state index in [0.29, 0.717) is 49.5 Å². The first kappa shape index (κ1) is 28.1. The Kier molecular flexibility index (Phi) is 10.1. The number of ether oxygens (including phenoxy) is 2. The molecule has 0 aliphatic carbocycles. The van der Waals surface area contributed by atoms with E-state index in [2.05, 4.69) is 12.3 Å². The van der Waals surface area contributed by atoms with Crippen molar-refractivity contribution in [3.63, 3.8) is 0 Å². The number of amides is 1. The Bertz CT molecular complexity index is 971. The van der Waals surface area contributed by atoms with Crippen molar-refractivity contribution in [2.75, 3.05) is 26.2 Å². The number of hydrogen-bond donors (Lipinski definition) is 0. The van der Waals surface area contributed by atoms with Crippen LogP contribution in [0, 0.1) is 0 Å². The van der Waals surface area contributed by atoms with Crippen molar-refractivity contribution in [1.29, 1.82) is 0 Å². The number of alkyl halides is 3. The molecule has 1 amide bonds. The third kappa shape index (κ3) is 9.21. The van der Waals surface area contributed by atoms with E-state index in [0.717, 1.165) is 6.07 Å². The zero-order valence-corrected chi connectivity index (χ0v) is 21.0. The van der Waals surface area contributed by atoms with Crippen molar-refractivity contribution in [3.05, 3.63) is 77.4 Å². The second-order valence-corrected chi connectivity index (χ2v) is 9.24. The molecule has 0 radical (unpaired) electrons. The minimum atomic E-state index is -4.41. The van der Waals surface area contributed by atoms with Crippen LogP contribution in [-0.2, 0) is 22.2 Å². The second-order valence-electron chi connectivity index (χ2n) is 9.24. The van der Waals surface area contributed by atoms with Gasteiger partial charge in [-0.2, -0.15) is 13.2 Å². The minimum absolute atomic E-state index is 0.227. The van der Waals surface area contributed by atoms with Gasteiger partial charge >= 0.3 is 12.3 Å². The Hall–Kier alpha value is -3.12. The molecule has 1 aromatic rings. The fourth-order valence-corrected chi connectivity index (χ4v) is 3.62. The fourth-order valence-electron chi connectivity index (χ4n) is 3.62. The Labute approximate surface area is 206 Å². The maximum atomic E-state index is 13.3. The zero-order chi connectivity index (χ0) is 26.1. The first-order valence-corrected chi connectivity index (χ1v) is 11.7. The van der Waals surface area contributed by atoms with Crippen LogP contribution >= 0.6 is 0 Å². The summed E-state index contributed by atoms with van der Waals surface area (Å²) >= 11 is 0. The first-order valence-electron chi connectivity index (χ1n) is 11.7. The van der Waals surface area contributed by atoms with Crippen molar-refractivity contribution in [3.8, 4) is 0 Å². The minimum Gasteiger partial charge on any atom is -0.490 e. The molecule has 1 aliphatic heterocycles. The highest BCUT2D eigenvalue weighted by molar-refractivity contribution is 5.68. The summed E-state index contributed by atoms with van der Waals surface area (Å²) in [7, 11) is 0. The highest BCUT2D eigenvalue weighted by Gasteiger charge is 2.30. The third-order valence-corrected chi connectivity index (χ3v) is 5.15. The summed E-state index contributed by atoms with van der Waals surface area (Å²) in [6, 6.07) is 5.33. The highest BCUT2D eigenvalue weighted by Crippen LogP contribution is 2.30. The van der Waals surface area contributed by atoms with Gasteiger partial charge in [0.2, 0.25) is 0 Å². The summed E-state index contributed by atoms with van der Waals surface area (Å²) in [6.45, 7) is 12.8. The van der Waals surface area contributed by atoms with E-state index in [4.69, 9.17) is 9.47 Å². The van der Waals surface area contributed by atoms with Crippen molar-refractivity contribution in [2.45, 2.75) is 58.9 Å². The smallest absolute Gasteiger partial charge is 0.416 e. The van der Waals surface area contributed by atoms with Crippen LogP contribution in [0.5, 0.6) is 0 Å². The first-order chi connectivity index (χ1) is 16.4. The number of hydrogen-bond acceptors (Lipinski definition) is 4. The van der Waals surface area contributed by atoms with Gasteiger partial charge in [0, 0.05) is 25.7 Å². The largest absolute Gasteiger partial charge is 0.490 e. The molecule has 0 fully saturated rings. The molecule has 0 unspecified atom stereocenters. The predicted octanol–water partition coefficient (Wildman–Crippen LogP) is 6.68. The standard InChI is InChI=1S/C27H35F3N2O3/c1-6-11-23-24(12-7-2)34-18-17-31(25(33)35-26(3,4)5)15-8-9-16-32(23)20-21-13-10-14-22(19-21)27(28,29)30/h7,10-14,19H,1,8-9,15-18,20H2,2-5H3. The molecule has 0 saturated heterocycles. The van der Waals surface area contributed by atoms with Crippen molar-refractivity contribution in [2.24, 2.45) is 0 Å². The van der Waals surface area contributed by atoms with Gasteiger partial charge in [0.1, 0.15) is 18.0 Å². The number of carbonyl (C=O) groups excluding carboxylic acids is 1. The van der Waals surface area contributed by atoms with Gasteiger partial charge < -0.3 is 19.3 Å². The van der Waals surface area contributed by atoms with Crippen LogP contribution < -0.4 is 0 Å². The molecular formula is C27H35F3N2O3. The molecule has 0 N–H and O–H groups in total. The number of rotatable bonds is 4. The lowest BCUT2D eigenvalue weighted by molar-refractivity contribution is -0.137. The van der Waals surface area contributed by atoms with Crippen molar-refractivity contribution >= 4 is 6.09 Å². The monoisotopic (exact) mass is 492 g/mol. The van der Waals surface area contributed by atoms with E-state index >= 15 is 0 Å². The van der Waals surface area contributed by atoms with Crippen LogP contribution in [0.3, 0.4) is 0 Å². The fraction of sp³-hybridized carbons (Fsp3) is 0.481. The van der Waals surface area contributed by atoms with E-state index in [9.17, 15) is 18.0 Å². The molecule has 192 valence electrons. The predicted molar refractivity (Wildman–Crippen MR) is 130 cm³/mol. The van der Waals surface area contributed by atoms with Crippen LogP contribution in [0.25, 0.3) is 0 Å². The van der Waals surface area contributed by atoms with E-state index in [1.165, 1.54) is 12.1 Å². The lowest BCUT2D eigenvalue weighted by atomic mass is 10.1. The number of allylic oxidation sites excluding steroid dienone is 3. The van der Waals surface area contributed by atoms with Crippen LogP contribution in [0.1, 0.15) is 51.7 Å². The van der Waals surface area contributed by atoms with Gasteiger partial charge in [0.25, 0.3) is 0 Å². The molecule has 1 aromatic carbocycles. The molecule has 5 nitrogen and oxygen atoms in total. The molecule has 1 aliphatic rings. The summed E-state index contributed by atoms with van der Waals surface area (Å²) in [5, 5.41) is 0. The van der Waals surface area contributed by atoms with Gasteiger partial charge in [-0.15, -0.1) is 5.73 Å². The Morgan fingerprint density at radius 1 is 1.20 bits per heavy atom. The van der Waals surface area contributed by atoms with Crippen molar-refractivity contribution < 1.29 is 27.4 Å². The Balaban J connectivity index is 2.36. The molecule has 2 rings (SSSR count). The van der Waals surface area contributed by atoms with Gasteiger partial charge in [-0.05, 0) is 64.3 Å². The van der Waals surface area contributed by atoms with Crippen LogP contribution in [0.4, 0.5) is 18.0 Å². The number of halogens is 3. The molecule has 0 atom stereocenters. The highest BCUT2D eigenvalue weighted by atomic mass is 19.4. The van der Waals surface area contributed by atoms with E-state index in [1.807, 2.05) is 38.7 Å². The van der Waals surface area contributed by atoms with Gasteiger partial charge in [-0.25, -0.2) is 4.79 Å². The van der Waals surface area contributed by atoms with Gasteiger partial charge in [0.15, 0.2) is 0 Å². The number of carbonyl (C=O) groups is 1. The molecule has 35 heavy (non-hydrogen) atoms. The lowest BCUT2D eigenvalue weighted by Crippen LogP contribution is -2.39. The van der Waals surface area contributed by atoms with E-state index in [-0.39, 0.29) is 13.2 Å². The third-order valence-electron chi connectivity index (χ3n) is 5.15. The topological polar surface area (TPSA) is 42.0 Å². The zero-order valence-electron chi connectivity index (χ0n) is 21.0. The molecule has 8 heteroatoms. The van der Waals surface area contributed by atoms with Crippen LogP contribution in [0.15, 0.2) is 66.3 Å². The van der Waals surface area contributed by atoms with Gasteiger partial charge in [-0.3, -0.25) is 0 Å². The summed E-state index contributed by atoms with van der Waals surface area (Å²) in [5.41, 5.74) is 2.68. The van der Waals surface area contributed by atoms with E-state index in [1.54, 1.807) is 23.1 Å². The summed E-state index contributed by atoms with van der Waals surface area (Å²) in [5.74, 6) is 0.529. The van der Waals surface area contributed by atoms with Crippen LogP contribution in [-0.4, -0.2) is 47.7 Å². The molecule has 0 aromatic heterocycles. The summed E-state index contributed by atoms with van der Waals surface area (Å²) in [6.07, 6.45) is 1.87. The second kappa shape index (κ2) is 12.5. The Morgan fingerprint density at radius 3 is 2.54 bits per heavy atom. The molecule has 0 bridgehead atoms. The van der Waals surface area contributed by atoms with Crippen LogP contribution in [0.2, 0.25) is 0 Å². The molecule has 0 saturated carbocycles.